The van der Waals surface area contributed by atoms with Gasteiger partial charge in [0.15, 0.2) is 0 Å². The first-order valence-electron chi connectivity index (χ1n) is 9.63. The summed E-state index contributed by atoms with van der Waals surface area (Å²) in [4.78, 5) is 28.3. The fourth-order valence-corrected chi connectivity index (χ4v) is 3.64. The number of likely N-dealkylation sites (N-methyl/N-ethyl adjacent to an activating group) is 2. The van der Waals surface area contributed by atoms with E-state index in [9.17, 15) is 9.59 Å². The molecule has 0 aliphatic heterocycles. The molecule has 1 aliphatic carbocycles. The highest BCUT2D eigenvalue weighted by Crippen LogP contribution is 2.27. The summed E-state index contributed by atoms with van der Waals surface area (Å²) in [7, 11) is 3.54. The average Bonchev–Trinajstić information content (AvgIpc) is 2.71. The van der Waals surface area contributed by atoms with Crippen LogP contribution in [0.5, 0.6) is 0 Å². The molecule has 1 fully saturated rings. The van der Waals surface area contributed by atoms with Gasteiger partial charge in [-0.25, -0.2) is 4.79 Å². The van der Waals surface area contributed by atoms with Crippen LogP contribution in [0.1, 0.15) is 38.2 Å². The van der Waals surface area contributed by atoms with Crippen molar-refractivity contribution in [1.29, 1.82) is 0 Å². The molecular formula is C22H31N3O3. The van der Waals surface area contributed by atoms with Crippen LogP contribution in [-0.2, 0) is 16.1 Å². The molecule has 1 aromatic rings. The molecule has 28 heavy (non-hydrogen) atoms. The van der Waals surface area contributed by atoms with Crippen LogP contribution in [0, 0.1) is 0 Å². The van der Waals surface area contributed by atoms with Gasteiger partial charge < -0.3 is 19.9 Å². The summed E-state index contributed by atoms with van der Waals surface area (Å²) >= 11 is 0. The van der Waals surface area contributed by atoms with Crippen molar-refractivity contribution >= 4 is 17.7 Å². The number of hydrogen-bond donors (Lipinski definition) is 1. The lowest BCUT2D eigenvalue weighted by Gasteiger charge is -2.42. The summed E-state index contributed by atoms with van der Waals surface area (Å²) in [5, 5.41) is 3.00. The first kappa shape index (κ1) is 21.5. The van der Waals surface area contributed by atoms with Gasteiger partial charge in [0, 0.05) is 25.4 Å². The summed E-state index contributed by atoms with van der Waals surface area (Å²) in [6.07, 6.45) is 5.04. The van der Waals surface area contributed by atoms with E-state index in [1.807, 2.05) is 24.3 Å². The SMILES string of the molecule is C=CNc1ccc(COC(=O)N(C)C2CCCCC2N(C)C(=O)C(=C)C)cc1. The molecule has 2 unspecified atom stereocenters. The van der Waals surface area contributed by atoms with E-state index >= 15 is 0 Å². The monoisotopic (exact) mass is 385 g/mol. The van der Waals surface area contributed by atoms with Gasteiger partial charge in [-0.05, 0) is 43.7 Å². The third-order valence-electron chi connectivity index (χ3n) is 5.25. The second-order valence-corrected chi connectivity index (χ2v) is 7.33. The number of carbonyl (C=O) groups excluding carboxylic acids is 2. The van der Waals surface area contributed by atoms with Crippen molar-refractivity contribution in [3.63, 3.8) is 0 Å². The molecule has 6 nitrogen and oxygen atoms in total. The van der Waals surface area contributed by atoms with E-state index < -0.39 is 0 Å². The Balaban J connectivity index is 1.98. The molecule has 0 spiro atoms. The molecule has 1 aliphatic rings. The predicted molar refractivity (Wildman–Crippen MR) is 112 cm³/mol. The molecule has 1 N–H and O–H groups in total. The second-order valence-electron chi connectivity index (χ2n) is 7.33. The Morgan fingerprint density at radius 3 is 2.25 bits per heavy atom. The van der Waals surface area contributed by atoms with E-state index in [1.165, 1.54) is 0 Å². The number of benzene rings is 1. The van der Waals surface area contributed by atoms with Gasteiger partial charge in [0.25, 0.3) is 0 Å². The van der Waals surface area contributed by atoms with Gasteiger partial charge in [-0.3, -0.25) is 4.79 Å². The predicted octanol–water partition coefficient (Wildman–Crippen LogP) is 4.16. The Bertz CT molecular complexity index is 714. The first-order valence-corrected chi connectivity index (χ1v) is 9.63. The summed E-state index contributed by atoms with van der Waals surface area (Å²) in [6.45, 7) is 9.29. The lowest BCUT2D eigenvalue weighted by Crippen LogP contribution is -2.54. The van der Waals surface area contributed by atoms with Crippen molar-refractivity contribution < 1.29 is 14.3 Å². The third kappa shape index (κ3) is 5.38. The molecule has 0 aromatic heterocycles. The molecule has 2 rings (SSSR count). The Morgan fingerprint density at radius 2 is 1.71 bits per heavy atom. The highest BCUT2D eigenvalue weighted by molar-refractivity contribution is 5.92. The molecule has 152 valence electrons. The summed E-state index contributed by atoms with van der Waals surface area (Å²) < 4.78 is 5.50. The maximum atomic E-state index is 12.6. The Morgan fingerprint density at radius 1 is 1.14 bits per heavy atom. The van der Waals surface area contributed by atoms with E-state index in [0.717, 1.165) is 36.9 Å². The number of rotatable bonds is 7. The highest BCUT2D eigenvalue weighted by Gasteiger charge is 2.35. The van der Waals surface area contributed by atoms with Crippen LogP contribution in [-0.4, -0.2) is 48.0 Å². The number of nitrogens with one attached hydrogen (secondary N) is 1. The van der Waals surface area contributed by atoms with Gasteiger partial charge in [0.1, 0.15) is 6.61 Å². The quantitative estimate of drug-likeness (QED) is 0.716. The summed E-state index contributed by atoms with van der Waals surface area (Å²) in [5.74, 6) is -0.0770. The maximum Gasteiger partial charge on any atom is 0.410 e. The van der Waals surface area contributed by atoms with Crippen LogP contribution in [0.25, 0.3) is 0 Å². The number of hydrogen-bond acceptors (Lipinski definition) is 4. The molecule has 2 atom stereocenters. The zero-order chi connectivity index (χ0) is 20.7. The van der Waals surface area contributed by atoms with E-state index in [4.69, 9.17) is 4.74 Å². The zero-order valence-corrected chi connectivity index (χ0v) is 17.1. The van der Waals surface area contributed by atoms with Crippen LogP contribution in [0.3, 0.4) is 0 Å². The highest BCUT2D eigenvalue weighted by atomic mass is 16.6. The van der Waals surface area contributed by atoms with Crippen LogP contribution >= 0.6 is 0 Å². The van der Waals surface area contributed by atoms with Gasteiger partial charge in [0.2, 0.25) is 5.91 Å². The van der Waals surface area contributed by atoms with Gasteiger partial charge in [-0.1, -0.05) is 38.1 Å². The maximum absolute atomic E-state index is 12.6. The largest absolute Gasteiger partial charge is 0.445 e. The normalized spacial score (nSPS) is 18.7. The van der Waals surface area contributed by atoms with Crippen molar-refractivity contribution in [3.8, 4) is 0 Å². The van der Waals surface area contributed by atoms with E-state index in [2.05, 4.69) is 18.5 Å². The third-order valence-corrected chi connectivity index (χ3v) is 5.25. The Hall–Kier alpha value is -2.76. The minimum atomic E-state index is -0.374. The minimum absolute atomic E-state index is 0.0280. The van der Waals surface area contributed by atoms with Crippen molar-refractivity contribution in [3.05, 3.63) is 54.8 Å². The second kappa shape index (κ2) is 9.97. The molecule has 2 amide bonds. The fraction of sp³-hybridized carbons (Fsp3) is 0.455. The van der Waals surface area contributed by atoms with Crippen molar-refractivity contribution in [1.82, 2.24) is 9.80 Å². The van der Waals surface area contributed by atoms with E-state index in [0.29, 0.717) is 5.57 Å². The van der Waals surface area contributed by atoms with Crippen LogP contribution in [0.2, 0.25) is 0 Å². The van der Waals surface area contributed by atoms with E-state index in [1.54, 1.807) is 37.0 Å². The van der Waals surface area contributed by atoms with Crippen LogP contribution < -0.4 is 5.32 Å². The van der Waals surface area contributed by atoms with Gasteiger partial charge in [-0.2, -0.15) is 0 Å². The molecule has 0 radical (unpaired) electrons. The average molecular weight is 386 g/mol. The number of nitrogens with zero attached hydrogens (tertiary/aromatic N) is 2. The topological polar surface area (TPSA) is 61.9 Å². The molecule has 0 heterocycles. The Labute approximate surface area is 167 Å². The molecule has 6 heteroatoms. The number of carbonyl (C=O) groups is 2. The number of ether oxygens (including phenoxy) is 1. The van der Waals surface area contributed by atoms with E-state index in [-0.39, 0.29) is 30.7 Å². The molecule has 1 aromatic carbocycles. The summed E-state index contributed by atoms with van der Waals surface area (Å²) in [5.41, 5.74) is 2.34. The Kier molecular flexibility index (Phi) is 7.67. The lowest BCUT2D eigenvalue weighted by atomic mass is 9.88. The smallest absolute Gasteiger partial charge is 0.410 e. The standard InChI is InChI=1S/C22H31N3O3/c1-6-23-18-13-11-17(12-14-18)15-28-22(27)25(5)20-10-8-7-9-19(20)24(4)21(26)16(2)3/h6,11-14,19-20,23H,1-2,7-10,15H2,3-5H3. The molecule has 0 saturated heterocycles. The number of amides is 2. The van der Waals surface area contributed by atoms with Crippen LogP contribution in [0.15, 0.2) is 49.2 Å². The molecular weight excluding hydrogens is 354 g/mol. The summed E-state index contributed by atoms with van der Waals surface area (Å²) in [6, 6.07) is 7.53. The van der Waals surface area contributed by atoms with Gasteiger partial charge >= 0.3 is 6.09 Å². The number of anilines is 1. The minimum Gasteiger partial charge on any atom is -0.445 e. The molecule has 0 bridgehead atoms. The van der Waals surface area contributed by atoms with Gasteiger partial charge in [-0.15, -0.1) is 0 Å². The fourth-order valence-electron chi connectivity index (χ4n) is 3.64. The zero-order valence-electron chi connectivity index (χ0n) is 17.1. The molecule has 1 saturated carbocycles. The lowest BCUT2D eigenvalue weighted by molar-refractivity contribution is -0.129. The van der Waals surface area contributed by atoms with Gasteiger partial charge in [0.05, 0.1) is 12.1 Å². The van der Waals surface area contributed by atoms with Crippen molar-refractivity contribution in [2.24, 2.45) is 0 Å². The first-order chi connectivity index (χ1) is 13.3. The van der Waals surface area contributed by atoms with Crippen molar-refractivity contribution in [2.45, 2.75) is 51.3 Å². The van der Waals surface area contributed by atoms with Crippen molar-refractivity contribution in [2.75, 3.05) is 19.4 Å². The van der Waals surface area contributed by atoms with Crippen LogP contribution in [0.4, 0.5) is 10.5 Å².